The van der Waals surface area contributed by atoms with Crippen LogP contribution in [0.25, 0.3) is 0 Å². The van der Waals surface area contributed by atoms with Gasteiger partial charge in [0.1, 0.15) is 6.04 Å². The molecular formula is C25H32N4O5. The number of fused-ring (bicyclic) bond motifs is 1. The predicted octanol–water partition coefficient (Wildman–Crippen LogP) is 0.974. The summed E-state index contributed by atoms with van der Waals surface area (Å²) in [4.78, 5) is 51.3. The van der Waals surface area contributed by atoms with E-state index >= 15 is 0 Å². The molecule has 0 aromatic heterocycles. The second kappa shape index (κ2) is 9.56. The lowest BCUT2D eigenvalue weighted by atomic mass is 9.66. The van der Waals surface area contributed by atoms with E-state index in [1.54, 1.807) is 12.1 Å². The summed E-state index contributed by atoms with van der Waals surface area (Å²) < 4.78 is 5.67. The number of imide groups is 2. The molecule has 3 N–H and O–H groups in total. The fraction of sp³-hybridized carbons (Fsp3) is 0.600. The Hall–Kier alpha value is -2.62. The summed E-state index contributed by atoms with van der Waals surface area (Å²) in [7, 11) is 0. The topological polar surface area (TPSA) is 117 Å². The van der Waals surface area contributed by atoms with E-state index in [9.17, 15) is 19.2 Å². The molecule has 0 radical (unpaired) electrons. The van der Waals surface area contributed by atoms with E-state index < -0.39 is 23.8 Å². The van der Waals surface area contributed by atoms with Crippen LogP contribution >= 0.6 is 0 Å². The molecule has 1 unspecified atom stereocenters. The second-order valence-electron chi connectivity index (χ2n) is 9.89. The van der Waals surface area contributed by atoms with Crippen LogP contribution in [0.3, 0.4) is 0 Å². The molecule has 9 nitrogen and oxygen atoms in total. The quantitative estimate of drug-likeness (QED) is 0.533. The van der Waals surface area contributed by atoms with Crippen LogP contribution in [0.4, 0.5) is 0 Å². The minimum absolute atomic E-state index is 0.112. The number of ether oxygens (including phenoxy) is 1. The highest BCUT2D eigenvalue weighted by Crippen LogP contribution is 2.42. The number of amides is 4. The number of carbonyl (C=O) groups excluding carboxylic acids is 4. The molecule has 0 saturated carbocycles. The van der Waals surface area contributed by atoms with Crippen molar-refractivity contribution in [3.05, 3.63) is 34.9 Å². The first-order chi connectivity index (χ1) is 16.5. The van der Waals surface area contributed by atoms with Crippen LogP contribution in [0.5, 0.6) is 0 Å². The van der Waals surface area contributed by atoms with Crippen molar-refractivity contribution in [2.24, 2.45) is 11.3 Å². The van der Waals surface area contributed by atoms with Crippen LogP contribution in [-0.2, 0) is 20.9 Å². The Balaban J connectivity index is 1.31. The Morgan fingerprint density at radius 2 is 1.79 bits per heavy atom. The zero-order chi connectivity index (χ0) is 23.7. The molecule has 5 rings (SSSR count). The first kappa shape index (κ1) is 23.1. The lowest BCUT2D eigenvalue weighted by Crippen LogP contribution is -2.54. The molecule has 3 fully saturated rings. The molecule has 34 heavy (non-hydrogen) atoms. The zero-order valence-electron chi connectivity index (χ0n) is 19.4. The molecule has 0 bridgehead atoms. The number of rotatable bonds is 6. The van der Waals surface area contributed by atoms with Gasteiger partial charge in [-0.3, -0.25) is 29.4 Å². The van der Waals surface area contributed by atoms with Gasteiger partial charge in [-0.2, -0.15) is 0 Å². The molecule has 182 valence electrons. The highest BCUT2D eigenvalue weighted by Gasteiger charge is 2.45. The van der Waals surface area contributed by atoms with Gasteiger partial charge in [-0.15, -0.1) is 0 Å². The summed E-state index contributed by atoms with van der Waals surface area (Å²) in [6.07, 6.45) is 4.65. The molecule has 0 aliphatic carbocycles. The summed E-state index contributed by atoms with van der Waals surface area (Å²) in [5.41, 5.74) is 1.63. The molecule has 0 spiro atoms. The summed E-state index contributed by atoms with van der Waals surface area (Å²) in [6, 6.07) is 4.34. The number of hydrogen-bond acceptors (Lipinski definition) is 7. The van der Waals surface area contributed by atoms with Gasteiger partial charge >= 0.3 is 0 Å². The van der Waals surface area contributed by atoms with Gasteiger partial charge in [-0.1, -0.05) is 12.1 Å². The van der Waals surface area contributed by atoms with E-state index in [0.717, 1.165) is 69.0 Å². The molecule has 1 aromatic rings. The van der Waals surface area contributed by atoms with Crippen molar-refractivity contribution in [3.8, 4) is 0 Å². The van der Waals surface area contributed by atoms with Crippen molar-refractivity contribution < 1.29 is 23.9 Å². The average molecular weight is 469 g/mol. The molecule has 3 saturated heterocycles. The van der Waals surface area contributed by atoms with Crippen LogP contribution < -0.4 is 16.0 Å². The van der Waals surface area contributed by atoms with Gasteiger partial charge in [0.2, 0.25) is 11.8 Å². The van der Waals surface area contributed by atoms with Crippen LogP contribution in [0.15, 0.2) is 18.2 Å². The first-order valence-electron chi connectivity index (χ1n) is 12.3. The average Bonchev–Trinajstić information content (AvgIpc) is 3.11. The molecule has 1 atom stereocenters. The van der Waals surface area contributed by atoms with Gasteiger partial charge < -0.3 is 15.4 Å². The molecule has 1 aromatic carbocycles. The van der Waals surface area contributed by atoms with Gasteiger partial charge in [0.15, 0.2) is 0 Å². The standard InChI is InChI=1S/C25H32N4O5/c30-20-5-4-19(22(31)28-20)29-23(32)18-3-1-2-16(21(18)24(29)33)14-27-15-25(8-12-34-13-9-25)17-6-10-26-11-7-17/h1-3,17,19,26-27H,4-15H2,(H,28,30,31). The Kier molecular flexibility index (Phi) is 6.50. The smallest absolute Gasteiger partial charge is 0.262 e. The highest BCUT2D eigenvalue weighted by atomic mass is 16.5. The van der Waals surface area contributed by atoms with Crippen LogP contribution in [0.1, 0.15) is 64.8 Å². The Labute approximate surface area is 199 Å². The number of carbonyl (C=O) groups is 4. The predicted molar refractivity (Wildman–Crippen MR) is 123 cm³/mol. The Bertz CT molecular complexity index is 997. The van der Waals surface area contributed by atoms with E-state index in [1.165, 1.54) is 0 Å². The fourth-order valence-corrected chi connectivity index (χ4v) is 6.12. The number of piperidine rings is 2. The molecule has 4 amide bonds. The number of nitrogens with zero attached hydrogens (tertiary/aromatic N) is 1. The lowest BCUT2D eigenvalue weighted by molar-refractivity contribution is -0.136. The number of hydrogen-bond donors (Lipinski definition) is 3. The van der Waals surface area contributed by atoms with Crippen LogP contribution in [0, 0.1) is 11.3 Å². The van der Waals surface area contributed by atoms with Gasteiger partial charge in [0, 0.05) is 32.7 Å². The second-order valence-corrected chi connectivity index (χ2v) is 9.89. The first-order valence-corrected chi connectivity index (χ1v) is 12.3. The SMILES string of the molecule is O=C1CCC(N2C(=O)c3cccc(CNCC4(C5CCNCC5)CCOCC4)c3C2=O)C(=O)N1. The number of nitrogens with one attached hydrogen (secondary N) is 3. The third-order valence-electron chi connectivity index (χ3n) is 8.04. The van der Waals surface area contributed by atoms with Crippen molar-refractivity contribution in [3.63, 3.8) is 0 Å². The maximum atomic E-state index is 13.3. The van der Waals surface area contributed by atoms with Crippen molar-refractivity contribution in [2.75, 3.05) is 32.8 Å². The Morgan fingerprint density at radius 1 is 1.03 bits per heavy atom. The molecular weight excluding hydrogens is 436 g/mol. The zero-order valence-corrected chi connectivity index (χ0v) is 19.4. The Morgan fingerprint density at radius 3 is 2.53 bits per heavy atom. The van der Waals surface area contributed by atoms with Crippen LogP contribution in [-0.4, -0.2) is 67.4 Å². The minimum atomic E-state index is -0.948. The van der Waals surface area contributed by atoms with E-state index in [-0.39, 0.29) is 24.2 Å². The molecule has 4 aliphatic heterocycles. The lowest BCUT2D eigenvalue weighted by Gasteiger charge is -2.45. The van der Waals surface area contributed by atoms with E-state index in [4.69, 9.17) is 4.74 Å². The van der Waals surface area contributed by atoms with E-state index in [1.807, 2.05) is 6.07 Å². The maximum absolute atomic E-state index is 13.3. The third kappa shape index (κ3) is 4.16. The number of benzene rings is 1. The summed E-state index contributed by atoms with van der Waals surface area (Å²) in [6.45, 7) is 4.96. The third-order valence-corrected chi connectivity index (χ3v) is 8.04. The van der Waals surface area contributed by atoms with Gasteiger partial charge in [0.25, 0.3) is 11.8 Å². The van der Waals surface area contributed by atoms with E-state index in [0.29, 0.717) is 23.6 Å². The normalized spacial score (nSPS) is 25.4. The monoisotopic (exact) mass is 468 g/mol. The maximum Gasteiger partial charge on any atom is 0.262 e. The summed E-state index contributed by atoms with van der Waals surface area (Å²) in [5.74, 6) is -1.25. The minimum Gasteiger partial charge on any atom is -0.381 e. The van der Waals surface area contributed by atoms with Crippen molar-refractivity contribution in [1.29, 1.82) is 0 Å². The fourth-order valence-electron chi connectivity index (χ4n) is 6.12. The summed E-state index contributed by atoms with van der Waals surface area (Å²) in [5, 5.41) is 9.30. The van der Waals surface area contributed by atoms with Gasteiger partial charge in [-0.05, 0) is 68.2 Å². The van der Waals surface area contributed by atoms with Crippen LogP contribution in [0.2, 0.25) is 0 Å². The molecule has 4 aliphatic rings. The van der Waals surface area contributed by atoms with Crippen molar-refractivity contribution >= 4 is 23.6 Å². The van der Waals surface area contributed by atoms with Gasteiger partial charge in [0.05, 0.1) is 11.1 Å². The van der Waals surface area contributed by atoms with Gasteiger partial charge in [-0.25, -0.2) is 0 Å². The van der Waals surface area contributed by atoms with E-state index in [2.05, 4.69) is 16.0 Å². The van der Waals surface area contributed by atoms with Crippen molar-refractivity contribution in [2.45, 2.75) is 51.1 Å². The van der Waals surface area contributed by atoms with Crippen molar-refractivity contribution in [1.82, 2.24) is 20.9 Å². The summed E-state index contributed by atoms with van der Waals surface area (Å²) >= 11 is 0. The largest absolute Gasteiger partial charge is 0.381 e. The molecule has 4 heterocycles. The highest BCUT2D eigenvalue weighted by molar-refractivity contribution is 6.24. The molecule has 9 heteroatoms.